The van der Waals surface area contributed by atoms with Gasteiger partial charge in [-0.1, -0.05) is 0 Å². The highest BCUT2D eigenvalue weighted by molar-refractivity contribution is 6.03. The summed E-state index contributed by atoms with van der Waals surface area (Å²) in [4.78, 5) is 20.6. The van der Waals surface area contributed by atoms with Gasteiger partial charge in [0.15, 0.2) is 0 Å². The average molecular weight is 300 g/mol. The van der Waals surface area contributed by atoms with Crippen LogP contribution in [0.1, 0.15) is 33.8 Å². The first-order chi connectivity index (χ1) is 10.6. The number of amides is 1. The van der Waals surface area contributed by atoms with E-state index in [4.69, 9.17) is 4.42 Å². The van der Waals surface area contributed by atoms with Crippen molar-refractivity contribution in [2.45, 2.75) is 26.7 Å². The minimum atomic E-state index is -0.250. The van der Waals surface area contributed by atoms with Crippen molar-refractivity contribution in [1.82, 2.24) is 15.3 Å². The summed E-state index contributed by atoms with van der Waals surface area (Å²) in [6.07, 6.45) is 5.51. The maximum Gasteiger partial charge on any atom is 0.302 e. The van der Waals surface area contributed by atoms with Crippen LogP contribution in [-0.4, -0.2) is 29.0 Å². The van der Waals surface area contributed by atoms with Crippen LogP contribution in [0.25, 0.3) is 0 Å². The van der Waals surface area contributed by atoms with Gasteiger partial charge in [0.2, 0.25) is 0 Å². The third-order valence-corrected chi connectivity index (χ3v) is 3.99. The molecule has 1 saturated heterocycles. The second-order valence-corrected chi connectivity index (χ2v) is 5.76. The Kier molecular flexibility index (Phi) is 4.20. The molecule has 0 bridgehead atoms. The molecule has 2 aromatic rings. The van der Waals surface area contributed by atoms with Crippen molar-refractivity contribution >= 4 is 11.9 Å². The normalized spacial score (nSPS) is 17.6. The summed E-state index contributed by atoms with van der Waals surface area (Å²) in [7, 11) is 0. The number of carbonyl (C=O) groups is 1. The Morgan fingerprint density at radius 3 is 3.00 bits per heavy atom. The molecule has 2 N–H and O–H groups in total. The van der Waals surface area contributed by atoms with Crippen LogP contribution in [0.4, 0.5) is 6.01 Å². The lowest BCUT2D eigenvalue weighted by Crippen LogP contribution is -2.14. The lowest BCUT2D eigenvalue weighted by Gasteiger charge is -2.09. The molecular formula is C16H20N4O2. The molecule has 6 heteroatoms. The van der Waals surface area contributed by atoms with Crippen LogP contribution in [-0.2, 0) is 6.42 Å². The number of oxazole rings is 1. The summed E-state index contributed by atoms with van der Waals surface area (Å²) < 4.78 is 5.37. The van der Waals surface area contributed by atoms with Crippen LogP contribution in [0, 0.1) is 19.8 Å². The zero-order valence-corrected chi connectivity index (χ0v) is 12.8. The molecule has 1 amide bonds. The van der Waals surface area contributed by atoms with Crippen LogP contribution < -0.4 is 10.6 Å². The van der Waals surface area contributed by atoms with E-state index in [0.717, 1.165) is 30.8 Å². The fourth-order valence-electron chi connectivity index (χ4n) is 2.64. The van der Waals surface area contributed by atoms with E-state index >= 15 is 0 Å². The smallest absolute Gasteiger partial charge is 0.302 e. The van der Waals surface area contributed by atoms with Gasteiger partial charge in [0.25, 0.3) is 5.91 Å². The van der Waals surface area contributed by atoms with Gasteiger partial charge in [-0.3, -0.25) is 15.1 Å². The van der Waals surface area contributed by atoms with Crippen molar-refractivity contribution in [3.63, 3.8) is 0 Å². The quantitative estimate of drug-likeness (QED) is 0.903. The topological polar surface area (TPSA) is 80.0 Å². The Balaban J connectivity index is 1.69. The molecule has 116 valence electrons. The summed E-state index contributed by atoms with van der Waals surface area (Å²) >= 11 is 0. The van der Waals surface area contributed by atoms with Crippen molar-refractivity contribution in [3.8, 4) is 0 Å². The Bertz CT molecular complexity index is 655. The number of nitrogens with zero attached hydrogens (tertiary/aromatic N) is 2. The number of rotatable bonds is 4. The van der Waals surface area contributed by atoms with E-state index < -0.39 is 0 Å². The SMILES string of the molecule is Cc1nc(NC(=O)c2cncc(CC3CCNC3)c2)oc1C. The molecule has 3 rings (SSSR count). The number of aromatic nitrogens is 2. The van der Waals surface area contributed by atoms with Crippen LogP contribution in [0.2, 0.25) is 0 Å². The van der Waals surface area contributed by atoms with Crippen LogP contribution in [0.3, 0.4) is 0 Å². The van der Waals surface area contributed by atoms with Gasteiger partial charge in [-0.05, 0) is 57.3 Å². The maximum absolute atomic E-state index is 12.3. The van der Waals surface area contributed by atoms with Crippen LogP contribution in [0.5, 0.6) is 0 Å². The van der Waals surface area contributed by atoms with E-state index in [9.17, 15) is 4.79 Å². The van der Waals surface area contributed by atoms with Gasteiger partial charge in [-0.2, -0.15) is 4.98 Å². The lowest BCUT2D eigenvalue weighted by molar-refractivity contribution is 0.102. The molecule has 0 saturated carbocycles. The molecule has 2 aromatic heterocycles. The minimum absolute atomic E-state index is 0.227. The molecule has 6 nitrogen and oxygen atoms in total. The zero-order valence-electron chi connectivity index (χ0n) is 12.8. The van der Waals surface area contributed by atoms with Gasteiger partial charge < -0.3 is 9.73 Å². The largest absolute Gasteiger partial charge is 0.428 e. The molecule has 0 spiro atoms. The number of hydrogen-bond acceptors (Lipinski definition) is 5. The molecule has 1 aliphatic rings. The van der Waals surface area contributed by atoms with Crippen molar-refractivity contribution in [2.24, 2.45) is 5.92 Å². The summed E-state index contributed by atoms with van der Waals surface area (Å²) in [6.45, 7) is 5.76. The predicted octanol–water partition coefficient (Wildman–Crippen LogP) is 2.09. The van der Waals surface area contributed by atoms with Gasteiger partial charge in [-0.25, -0.2) is 0 Å². The van der Waals surface area contributed by atoms with E-state index in [1.165, 1.54) is 6.42 Å². The van der Waals surface area contributed by atoms with Gasteiger partial charge >= 0.3 is 6.01 Å². The fourth-order valence-corrected chi connectivity index (χ4v) is 2.64. The van der Waals surface area contributed by atoms with E-state index in [1.54, 1.807) is 6.20 Å². The molecule has 0 aromatic carbocycles. The number of hydrogen-bond donors (Lipinski definition) is 2. The van der Waals surface area contributed by atoms with Crippen LogP contribution >= 0.6 is 0 Å². The predicted molar refractivity (Wildman–Crippen MR) is 82.8 cm³/mol. The molecule has 1 atom stereocenters. The first-order valence-corrected chi connectivity index (χ1v) is 7.52. The van der Waals surface area contributed by atoms with E-state index in [-0.39, 0.29) is 11.9 Å². The molecule has 1 unspecified atom stereocenters. The highest BCUT2D eigenvalue weighted by Gasteiger charge is 2.17. The third kappa shape index (κ3) is 3.33. The summed E-state index contributed by atoms with van der Waals surface area (Å²) in [5.41, 5.74) is 2.38. The number of aryl methyl sites for hydroxylation is 2. The molecule has 3 heterocycles. The van der Waals surface area contributed by atoms with E-state index in [2.05, 4.69) is 20.6 Å². The van der Waals surface area contributed by atoms with Crippen LogP contribution in [0.15, 0.2) is 22.9 Å². The van der Waals surface area contributed by atoms with Gasteiger partial charge in [0.05, 0.1) is 11.3 Å². The Hall–Kier alpha value is -2.21. The minimum Gasteiger partial charge on any atom is -0.428 e. The highest BCUT2D eigenvalue weighted by Crippen LogP contribution is 2.17. The van der Waals surface area contributed by atoms with Crippen molar-refractivity contribution in [2.75, 3.05) is 18.4 Å². The fraction of sp³-hybridized carbons (Fsp3) is 0.438. The molecule has 1 aliphatic heterocycles. The van der Waals surface area contributed by atoms with Gasteiger partial charge in [-0.15, -0.1) is 0 Å². The summed E-state index contributed by atoms with van der Waals surface area (Å²) in [5.74, 6) is 1.08. The Morgan fingerprint density at radius 1 is 1.45 bits per heavy atom. The Labute approximate surface area is 129 Å². The summed E-state index contributed by atoms with van der Waals surface area (Å²) in [5, 5.41) is 6.02. The molecule has 22 heavy (non-hydrogen) atoms. The molecular weight excluding hydrogens is 280 g/mol. The van der Waals surface area contributed by atoms with Crippen molar-refractivity contribution in [3.05, 3.63) is 41.0 Å². The van der Waals surface area contributed by atoms with Crippen molar-refractivity contribution < 1.29 is 9.21 Å². The summed E-state index contributed by atoms with van der Waals surface area (Å²) in [6, 6.07) is 2.12. The molecule has 1 fully saturated rings. The van der Waals surface area contributed by atoms with E-state index in [1.807, 2.05) is 26.1 Å². The first-order valence-electron chi connectivity index (χ1n) is 7.52. The van der Waals surface area contributed by atoms with Gasteiger partial charge in [0.1, 0.15) is 5.76 Å². The standard InChI is InChI=1S/C16H20N4O2/c1-10-11(2)22-16(19-10)20-15(21)14-6-13(8-18-9-14)5-12-3-4-17-7-12/h6,8-9,12,17H,3-5,7H2,1-2H3,(H,19,20,21). The Morgan fingerprint density at radius 2 is 2.32 bits per heavy atom. The molecule has 0 aliphatic carbocycles. The monoisotopic (exact) mass is 300 g/mol. The number of anilines is 1. The maximum atomic E-state index is 12.3. The number of pyridine rings is 1. The lowest BCUT2D eigenvalue weighted by atomic mass is 9.99. The highest BCUT2D eigenvalue weighted by atomic mass is 16.4. The second-order valence-electron chi connectivity index (χ2n) is 5.76. The zero-order chi connectivity index (χ0) is 15.5. The number of nitrogens with one attached hydrogen (secondary N) is 2. The van der Waals surface area contributed by atoms with Crippen molar-refractivity contribution in [1.29, 1.82) is 0 Å². The number of carbonyl (C=O) groups excluding carboxylic acids is 1. The second kappa shape index (κ2) is 6.27. The average Bonchev–Trinajstić information content (AvgIpc) is 3.10. The van der Waals surface area contributed by atoms with Gasteiger partial charge in [0, 0.05) is 12.4 Å². The first kappa shape index (κ1) is 14.7. The third-order valence-electron chi connectivity index (χ3n) is 3.99. The van der Waals surface area contributed by atoms with E-state index in [0.29, 0.717) is 17.2 Å². The molecule has 0 radical (unpaired) electrons.